The Balaban J connectivity index is 2.31. The highest BCUT2D eigenvalue weighted by molar-refractivity contribution is 5.22. The van der Waals surface area contributed by atoms with Crippen molar-refractivity contribution in [2.45, 2.75) is 13.0 Å². The van der Waals surface area contributed by atoms with Crippen molar-refractivity contribution in [1.29, 1.82) is 0 Å². The summed E-state index contributed by atoms with van der Waals surface area (Å²) in [5.41, 5.74) is 2.08. The molecule has 2 aromatic heterocycles. The quantitative estimate of drug-likeness (QED) is 0.827. The Morgan fingerprint density at radius 1 is 1.50 bits per heavy atom. The predicted molar refractivity (Wildman–Crippen MR) is 60.8 cm³/mol. The average molecular weight is 217 g/mol. The number of aryl methyl sites for hydroxylation is 1. The van der Waals surface area contributed by atoms with Gasteiger partial charge in [-0.1, -0.05) is 6.92 Å². The maximum atomic E-state index is 4.27. The Morgan fingerprint density at radius 2 is 2.38 bits per heavy atom. The minimum Gasteiger partial charge on any atom is -0.305 e. The third-order valence-corrected chi connectivity index (χ3v) is 2.37. The first-order chi connectivity index (χ1) is 7.81. The summed E-state index contributed by atoms with van der Waals surface area (Å²) in [6.07, 6.45) is 7.17. The summed E-state index contributed by atoms with van der Waals surface area (Å²) in [6.45, 7) is 2.95. The van der Waals surface area contributed by atoms with Gasteiger partial charge in [0.1, 0.15) is 6.33 Å². The van der Waals surface area contributed by atoms with Gasteiger partial charge in [0.05, 0.1) is 17.9 Å². The molecule has 1 unspecified atom stereocenters. The molecule has 0 radical (unpaired) electrons. The number of aromatic nitrogens is 4. The molecule has 0 bridgehead atoms. The zero-order valence-electron chi connectivity index (χ0n) is 9.46. The van der Waals surface area contributed by atoms with Crippen molar-refractivity contribution in [2.75, 3.05) is 6.54 Å². The molecule has 2 rings (SSSR count). The molecular weight excluding hydrogens is 202 g/mol. The van der Waals surface area contributed by atoms with Gasteiger partial charge in [-0.3, -0.25) is 4.68 Å². The van der Waals surface area contributed by atoms with E-state index in [9.17, 15) is 0 Å². The molecule has 0 saturated carbocycles. The lowest BCUT2D eigenvalue weighted by Gasteiger charge is -2.15. The maximum absolute atomic E-state index is 4.27. The summed E-state index contributed by atoms with van der Waals surface area (Å²) in [6, 6.07) is 2.00. The van der Waals surface area contributed by atoms with E-state index in [2.05, 4.69) is 27.3 Å². The van der Waals surface area contributed by atoms with Crippen LogP contribution in [0.5, 0.6) is 0 Å². The maximum Gasteiger partial charge on any atom is 0.115 e. The Labute approximate surface area is 94.5 Å². The van der Waals surface area contributed by atoms with Crippen LogP contribution in [0.3, 0.4) is 0 Å². The second-order valence-corrected chi connectivity index (χ2v) is 3.57. The van der Waals surface area contributed by atoms with Gasteiger partial charge in [-0.2, -0.15) is 5.10 Å². The van der Waals surface area contributed by atoms with E-state index in [1.807, 2.05) is 25.5 Å². The summed E-state index contributed by atoms with van der Waals surface area (Å²) >= 11 is 0. The van der Waals surface area contributed by atoms with E-state index in [4.69, 9.17) is 0 Å². The molecule has 0 saturated heterocycles. The summed E-state index contributed by atoms with van der Waals surface area (Å²) in [5, 5.41) is 7.56. The van der Waals surface area contributed by atoms with Crippen LogP contribution in [0.15, 0.2) is 31.0 Å². The van der Waals surface area contributed by atoms with Crippen LogP contribution in [0.2, 0.25) is 0 Å². The Morgan fingerprint density at radius 3 is 2.94 bits per heavy atom. The van der Waals surface area contributed by atoms with Gasteiger partial charge in [-0.25, -0.2) is 9.97 Å². The number of rotatable bonds is 4. The van der Waals surface area contributed by atoms with Crippen LogP contribution < -0.4 is 5.32 Å². The summed E-state index contributed by atoms with van der Waals surface area (Å²) in [7, 11) is 1.91. The minimum absolute atomic E-state index is 0.0849. The highest BCUT2D eigenvalue weighted by Crippen LogP contribution is 2.18. The molecule has 5 nitrogen and oxygen atoms in total. The molecule has 0 aliphatic rings. The molecule has 0 aliphatic carbocycles. The molecule has 0 fully saturated rings. The first-order valence-corrected chi connectivity index (χ1v) is 5.29. The molecule has 2 aromatic rings. The fourth-order valence-electron chi connectivity index (χ4n) is 1.66. The van der Waals surface area contributed by atoms with E-state index in [-0.39, 0.29) is 6.04 Å². The second-order valence-electron chi connectivity index (χ2n) is 3.57. The first-order valence-electron chi connectivity index (χ1n) is 5.29. The van der Waals surface area contributed by atoms with Gasteiger partial charge in [-0.05, 0) is 12.6 Å². The Hall–Kier alpha value is -1.75. The molecule has 1 N–H and O–H groups in total. The van der Waals surface area contributed by atoms with Crippen LogP contribution in [0.4, 0.5) is 0 Å². The van der Waals surface area contributed by atoms with Gasteiger partial charge in [0, 0.05) is 25.0 Å². The topological polar surface area (TPSA) is 55.6 Å². The van der Waals surface area contributed by atoms with Gasteiger partial charge in [0.25, 0.3) is 0 Å². The fourth-order valence-corrected chi connectivity index (χ4v) is 1.66. The lowest BCUT2D eigenvalue weighted by atomic mass is 10.1. The van der Waals surface area contributed by atoms with Crippen LogP contribution in [0, 0.1) is 0 Å². The molecule has 1 atom stereocenters. The summed E-state index contributed by atoms with van der Waals surface area (Å²) in [5.74, 6) is 0. The van der Waals surface area contributed by atoms with Crippen molar-refractivity contribution in [3.63, 3.8) is 0 Å². The van der Waals surface area contributed by atoms with E-state index < -0.39 is 0 Å². The molecule has 0 aromatic carbocycles. The zero-order valence-corrected chi connectivity index (χ0v) is 9.46. The van der Waals surface area contributed by atoms with E-state index in [0.717, 1.165) is 17.8 Å². The first kappa shape index (κ1) is 10.8. The van der Waals surface area contributed by atoms with Crippen molar-refractivity contribution < 1.29 is 0 Å². The Bertz CT molecular complexity index is 437. The average Bonchev–Trinajstić information content (AvgIpc) is 2.74. The Kier molecular flexibility index (Phi) is 3.26. The monoisotopic (exact) mass is 217 g/mol. The molecule has 2 heterocycles. The fraction of sp³-hybridized carbons (Fsp3) is 0.364. The van der Waals surface area contributed by atoms with Gasteiger partial charge in [0.15, 0.2) is 0 Å². The van der Waals surface area contributed by atoms with Crippen LogP contribution in [-0.2, 0) is 7.05 Å². The van der Waals surface area contributed by atoms with Crippen molar-refractivity contribution in [3.8, 4) is 0 Å². The number of nitrogens with one attached hydrogen (secondary N) is 1. The van der Waals surface area contributed by atoms with Crippen LogP contribution in [-0.4, -0.2) is 26.3 Å². The smallest absolute Gasteiger partial charge is 0.115 e. The number of hydrogen-bond donors (Lipinski definition) is 1. The zero-order chi connectivity index (χ0) is 11.4. The molecule has 84 valence electrons. The third kappa shape index (κ3) is 2.25. The van der Waals surface area contributed by atoms with E-state index in [1.54, 1.807) is 17.2 Å². The van der Waals surface area contributed by atoms with Gasteiger partial charge >= 0.3 is 0 Å². The minimum atomic E-state index is 0.0849. The lowest BCUT2D eigenvalue weighted by Crippen LogP contribution is -2.22. The molecule has 0 amide bonds. The highest BCUT2D eigenvalue weighted by atomic mass is 15.2. The summed E-state index contributed by atoms with van der Waals surface area (Å²) in [4.78, 5) is 8.20. The van der Waals surface area contributed by atoms with Crippen molar-refractivity contribution in [3.05, 3.63) is 42.2 Å². The van der Waals surface area contributed by atoms with Crippen LogP contribution in [0.1, 0.15) is 24.2 Å². The van der Waals surface area contributed by atoms with Crippen molar-refractivity contribution in [1.82, 2.24) is 25.1 Å². The largest absolute Gasteiger partial charge is 0.305 e. The SMILES string of the molecule is CCNC(c1cnn(C)c1)c1ccncn1. The summed E-state index contributed by atoms with van der Waals surface area (Å²) < 4.78 is 1.79. The standard InChI is InChI=1S/C11H15N5/c1-3-13-11(9-6-15-16(2)7-9)10-4-5-12-8-14-10/h4-8,11,13H,3H2,1-2H3. The number of hydrogen-bond acceptors (Lipinski definition) is 4. The van der Waals surface area contributed by atoms with E-state index in [1.165, 1.54) is 0 Å². The van der Waals surface area contributed by atoms with E-state index >= 15 is 0 Å². The lowest BCUT2D eigenvalue weighted by molar-refractivity contribution is 0.613. The van der Waals surface area contributed by atoms with Crippen molar-refractivity contribution in [2.24, 2.45) is 7.05 Å². The third-order valence-electron chi connectivity index (χ3n) is 2.37. The van der Waals surface area contributed by atoms with Crippen LogP contribution >= 0.6 is 0 Å². The predicted octanol–water partition coefficient (Wildman–Crippen LogP) is 0.909. The molecule has 16 heavy (non-hydrogen) atoms. The molecular formula is C11H15N5. The van der Waals surface area contributed by atoms with Gasteiger partial charge in [0.2, 0.25) is 0 Å². The molecule has 5 heteroatoms. The van der Waals surface area contributed by atoms with Gasteiger partial charge < -0.3 is 5.32 Å². The van der Waals surface area contributed by atoms with E-state index in [0.29, 0.717) is 0 Å². The number of nitrogens with zero attached hydrogens (tertiary/aromatic N) is 4. The molecule has 0 aliphatic heterocycles. The normalized spacial score (nSPS) is 12.6. The van der Waals surface area contributed by atoms with Crippen LogP contribution in [0.25, 0.3) is 0 Å². The van der Waals surface area contributed by atoms with Gasteiger partial charge in [-0.15, -0.1) is 0 Å². The highest BCUT2D eigenvalue weighted by Gasteiger charge is 2.15. The van der Waals surface area contributed by atoms with Crippen molar-refractivity contribution >= 4 is 0 Å². The molecule has 0 spiro atoms. The second kappa shape index (κ2) is 4.85.